The number of halogens is 1. The third-order valence-corrected chi connectivity index (χ3v) is 5.51. The van der Waals surface area contributed by atoms with Crippen molar-refractivity contribution in [2.24, 2.45) is 7.05 Å². The van der Waals surface area contributed by atoms with E-state index in [1.165, 1.54) is 36.0 Å². The van der Waals surface area contributed by atoms with Gasteiger partial charge < -0.3 is 15.2 Å². The van der Waals surface area contributed by atoms with Crippen molar-refractivity contribution in [2.75, 3.05) is 16.4 Å². The highest BCUT2D eigenvalue weighted by molar-refractivity contribution is 7.99. The first-order chi connectivity index (χ1) is 14.3. The van der Waals surface area contributed by atoms with E-state index in [1.54, 1.807) is 11.6 Å². The Morgan fingerprint density at radius 2 is 1.63 bits per heavy atom. The van der Waals surface area contributed by atoms with E-state index >= 15 is 0 Å². The van der Waals surface area contributed by atoms with Crippen LogP contribution < -0.4 is 10.6 Å². The van der Waals surface area contributed by atoms with Gasteiger partial charge in [0.1, 0.15) is 11.6 Å². The number of aryl methyl sites for hydroxylation is 2. The van der Waals surface area contributed by atoms with Gasteiger partial charge in [-0.25, -0.2) is 4.39 Å². The predicted molar refractivity (Wildman–Crippen MR) is 115 cm³/mol. The number of carbonyl (C=O) groups is 2. The van der Waals surface area contributed by atoms with Crippen molar-refractivity contribution in [1.29, 1.82) is 0 Å². The zero-order valence-corrected chi connectivity index (χ0v) is 17.7. The standard InChI is InChI=1S/C21H22FN5O2S/c1-13-4-7-17(10-14(13)2)24-20(29)12-30-21-26-25-18(27(21)3)11-19(28)23-16-8-5-15(22)6-9-16/h4-10H,11-12H2,1-3H3,(H,23,28)(H,24,29). The molecule has 9 heteroatoms. The SMILES string of the molecule is Cc1ccc(NC(=O)CSc2nnc(CC(=O)Nc3ccc(F)cc3)n2C)cc1C. The summed E-state index contributed by atoms with van der Waals surface area (Å²) in [6.45, 7) is 4.01. The maximum absolute atomic E-state index is 12.9. The number of nitrogens with one attached hydrogen (secondary N) is 2. The van der Waals surface area contributed by atoms with Gasteiger partial charge in [-0.3, -0.25) is 9.59 Å². The Morgan fingerprint density at radius 1 is 0.967 bits per heavy atom. The summed E-state index contributed by atoms with van der Waals surface area (Å²) in [6, 6.07) is 11.3. The van der Waals surface area contributed by atoms with Crippen LogP contribution in [0.2, 0.25) is 0 Å². The molecule has 0 aliphatic rings. The van der Waals surface area contributed by atoms with E-state index in [0.717, 1.165) is 16.8 Å². The molecule has 0 saturated carbocycles. The molecule has 0 aliphatic carbocycles. The average Bonchev–Trinajstić information content (AvgIpc) is 3.04. The van der Waals surface area contributed by atoms with Gasteiger partial charge in [-0.1, -0.05) is 17.8 Å². The number of aromatic nitrogens is 3. The van der Waals surface area contributed by atoms with Crippen molar-refractivity contribution in [3.63, 3.8) is 0 Å². The van der Waals surface area contributed by atoms with Gasteiger partial charge in [0.05, 0.1) is 12.2 Å². The maximum atomic E-state index is 12.9. The Hall–Kier alpha value is -3.20. The van der Waals surface area contributed by atoms with E-state index in [-0.39, 0.29) is 29.8 Å². The maximum Gasteiger partial charge on any atom is 0.234 e. The highest BCUT2D eigenvalue weighted by Gasteiger charge is 2.15. The van der Waals surface area contributed by atoms with Gasteiger partial charge in [0.15, 0.2) is 5.16 Å². The molecule has 30 heavy (non-hydrogen) atoms. The molecule has 1 heterocycles. The van der Waals surface area contributed by atoms with Crippen molar-refractivity contribution in [2.45, 2.75) is 25.4 Å². The summed E-state index contributed by atoms with van der Waals surface area (Å²) in [5, 5.41) is 14.2. The highest BCUT2D eigenvalue weighted by atomic mass is 32.2. The Morgan fingerprint density at radius 3 is 2.33 bits per heavy atom. The quantitative estimate of drug-likeness (QED) is 0.564. The molecule has 0 spiro atoms. The smallest absolute Gasteiger partial charge is 0.234 e. The lowest BCUT2D eigenvalue weighted by Gasteiger charge is -2.08. The molecule has 2 N–H and O–H groups in total. The number of anilines is 2. The molecule has 1 aromatic heterocycles. The molecule has 0 atom stereocenters. The molecule has 0 unspecified atom stereocenters. The molecule has 3 aromatic rings. The van der Waals surface area contributed by atoms with Crippen LogP contribution in [0.5, 0.6) is 0 Å². The zero-order valence-electron chi connectivity index (χ0n) is 16.9. The first-order valence-electron chi connectivity index (χ1n) is 9.25. The fourth-order valence-electron chi connectivity index (χ4n) is 2.65. The van der Waals surface area contributed by atoms with Crippen molar-refractivity contribution in [3.8, 4) is 0 Å². The number of carbonyl (C=O) groups excluding carboxylic acids is 2. The van der Waals surface area contributed by atoms with Crippen LogP contribution in [-0.4, -0.2) is 32.3 Å². The third-order valence-electron chi connectivity index (χ3n) is 4.49. The van der Waals surface area contributed by atoms with E-state index in [1.807, 2.05) is 32.0 Å². The lowest BCUT2D eigenvalue weighted by atomic mass is 10.1. The van der Waals surface area contributed by atoms with Gasteiger partial charge in [0.2, 0.25) is 11.8 Å². The van der Waals surface area contributed by atoms with Gasteiger partial charge in [-0.2, -0.15) is 0 Å². The van der Waals surface area contributed by atoms with Crippen LogP contribution >= 0.6 is 11.8 Å². The molecule has 7 nitrogen and oxygen atoms in total. The Labute approximate surface area is 178 Å². The molecule has 0 radical (unpaired) electrons. The first-order valence-corrected chi connectivity index (χ1v) is 10.2. The van der Waals surface area contributed by atoms with Crippen LogP contribution in [0.1, 0.15) is 17.0 Å². The fraction of sp³-hybridized carbons (Fsp3) is 0.238. The minimum atomic E-state index is -0.371. The molecule has 0 aliphatic heterocycles. The molecule has 0 saturated heterocycles. The Kier molecular flexibility index (Phi) is 6.83. The Bertz CT molecular complexity index is 1070. The molecule has 3 rings (SSSR count). The summed E-state index contributed by atoms with van der Waals surface area (Å²) in [6.07, 6.45) is 0.0102. The monoisotopic (exact) mass is 427 g/mol. The van der Waals surface area contributed by atoms with Gasteiger partial charge >= 0.3 is 0 Å². The number of amides is 2. The molecular formula is C21H22FN5O2S. The van der Waals surface area contributed by atoms with Gasteiger partial charge in [-0.15, -0.1) is 10.2 Å². The van der Waals surface area contributed by atoms with E-state index in [0.29, 0.717) is 16.7 Å². The van der Waals surface area contributed by atoms with Crippen LogP contribution in [-0.2, 0) is 23.1 Å². The van der Waals surface area contributed by atoms with Gasteiger partial charge in [0, 0.05) is 18.4 Å². The number of hydrogen-bond acceptors (Lipinski definition) is 5. The van der Waals surface area contributed by atoms with E-state index in [4.69, 9.17) is 0 Å². The fourth-order valence-corrected chi connectivity index (χ4v) is 3.38. The van der Waals surface area contributed by atoms with Crippen molar-refractivity contribution >= 4 is 35.0 Å². The molecule has 0 bridgehead atoms. The van der Waals surface area contributed by atoms with Crippen molar-refractivity contribution in [3.05, 3.63) is 65.2 Å². The molecule has 0 fully saturated rings. The summed E-state index contributed by atoms with van der Waals surface area (Å²) in [5.41, 5.74) is 3.52. The van der Waals surface area contributed by atoms with Crippen molar-refractivity contribution < 1.29 is 14.0 Å². The van der Waals surface area contributed by atoms with E-state index < -0.39 is 0 Å². The van der Waals surface area contributed by atoms with E-state index in [2.05, 4.69) is 20.8 Å². The second kappa shape index (κ2) is 9.53. The van der Waals surface area contributed by atoms with Gasteiger partial charge in [-0.05, 0) is 61.4 Å². The third kappa shape index (κ3) is 5.66. The van der Waals surface area contributed by atoms with Crippen molar-refractivity contribution in [1.82, 2.24) is 14.8 Å². The lowest BCUT2D eigenvalue weighted by Crippen LogP contribution is -2.17. The van der Waals surface area contributed by atoms with Crippen LogP contribution in [0.25, 0.3) is 0 Å². The number of rotatable bonds is 7. The normalized spacial score (nSPS) is 10.7. The number of nitrogens with zero attached hydrogens (tertiary/aromatic N) is 3. The van der Waals surface area contributed by atoms with Crippen LogP contribution in [0.4, 0.5) is 15.8 Å². The predicted octanol–water partition coefficient (Wildman–Crippen LogP) is 3.48. The minimum absolute atomic E-state index is 0.0102. The largest absolute Gasteiger partial charge is 0.326 e. The number of benzene rings is 2. The minimum Gasteiger partial charge on any atom is -0.326 e. The topological polar surface area (TPSA) is 88.9 Å². The summed E-state index contributed by atoms with van der Waals surface area (Å²) in [4.78, 5) is 24.4. The molecule has 2 amide bonds. The van der Waals surface area contributed by atoms with Crippen LogP contribution in [0.3, 0.4) is 0 Å². The molecular weight excluding hydrogens is 405 g/mol. The molecule has 156 valence electrons. The summed E-state index contributed by atoms with van der Waals surface area (Å²) < 4.78 is 14.6. The van der Waals surface area contributed by atoms with Gasteiger partial charge in [0.25, 0.3) is 0 Å². The molecule has 2 aromatic carbocycles. The van der Waals surface area contributed by atoms with Crippen LogP contribution in [0.15, 0.2) is 47.6 Å². The highest BCUT2D eigenvalue weighted by Crippen LogP contribution is 2.18. The second-order valence-corrected chi connectivity index (χ2v) is 7.77. The summed E-state index contributed by atoms with van der Waals surface area (Å²) in [7, 11) is 1.74. The summed E-state index contributed by atoms with van der Waals surface area (Å²) >= 11 is 1.24. The number of hydrogen-bond donors (Lipinski definition) is 2. The second-order valence-electron chi connectivity index (χ2n) is 6.83. The number of thioether (sulfide) groups is 1. The lowest BCUT2D eigenvalue weighted by molar-refractivity contribution is -0.116. The Balaban J connectivity index is 1.53. The summed E-state index contributed by atoms with van der Waals surface area (Å²) in [5.74, 6) is -0.181. The van der Waals surface area contributed by atoms with Crippen LogP contribution in [0, 0.1) is 19.7 Å². The average molecular weight is 428 g/mol. The zero-order chi connectivity index (χ0) is 21.7. The van der Waals surface area contributed by atoms with E-state index in [9.17, 15) is 14.0 Å². The first kappa shape index (κ1) is 21.5.